The molecule has 0 amide bonds. The van der Waals surface area contributed by atoms with Gasteiger partial charge in [-0.15, -0.1) is 0 Å². The molecule has 0 saturated heterocycles. The van der Waals surface area contributed by atoms with E-state index in [9.17, 15) is 0 Å². The maximum absolute atomic E-state index is 6.41. The topological polar surface area (TPSA) is 12.4 Å². The molecule has 1 aliphatic rings. The van der Waals surface area contributed by atoms with Gasteiger partial charge in [0.05, 0.1) is 0 Å². The largest absolute Gasteiger partial charge is 0.292 e. The molecular formula is C19H20ClNY. The van der Waals surface area contributed by atoms with Crippen LogP contribution in [-0.2, 0) is 39.1 Å². The van der Waals surface area contributed by atoms with Crippen LogP contribution in [-0.4, -0.2) is 12.8 Å². The fourth-order valence-corrected chi connectivity index (χ4v) is 3.60. The van der Waals surface area contributed by atoms with Crippen LogP contribution in [0.4, 0.5) is 0 Å². The minimum absolute atomic E-state index is 0. The molecule has 1 atom stereocenters. The van der Waals surface area contributed by atoms with Crippen molar-refractivity contribution in [3.05, 3.63) is 69.7 Å². The molecule has 0 aliphatic heterocycles. The molecule has 0 bridgehead atoms. The fourth-order valence-electron chi connectivity index (χ4n) is 3.28. The molecular weight excluding hydrogens is 367 g/mol. The molecule has 0 saturated carbocycles. The van der Waals surface area contributed by atoms with Gasteiger partial charge in [0.25, 0.3) is 0 Å². The first-order valence-electron chi connectivity index (χ1n) is 7.57. The molecule has 0 heterocycles. The van der Waals surface area contributed by atoms with Crippen LogP contribution in [0.1, 0.15) is 47.9 Å². The summed E-state index contributed by atoms with van der Waals surface area (Å²) in [4.78, 5) is 4.45. The van der Waals surface area contributed by atoms with E-state index in [0.717, 1.165) is 24.3 Å². The van der Waals surface area contributed by atoms with E-state index in [4.69, 9.17) is 11.6 Å². The number of benzene rings is 2. The van der Waals surface area contributed by atoms with Crippen LogP contribution in [0, 0.1) is 0 Å². The number of halogens is 1. The van der Waals surface area contributed by atoms with Crippen LogP contribution in [0.25, 0.3) is 0 Å². The van der Waals surface area contributed by atoms with Gasteiger partial charge in [-0.3, -0.25) is 4.99 Å². The fraction of sp³-hybridized carbons (Fsp3) is 0.316. The third kappa shape index (κ3) is 3.37. The number of aryl methyl sites for hydroxylation is 1. The Morgan fingerprint density at radius 3 is 2.64 bits per heavy atom. The van der Waals surface area contributed by atoms with E-state index in [1.165, 1.54) is 28.0 Å². The van der Waals surface area contributed by atoms with Gasteiger partial charge in [-0.25, -0.2) is 0 Å². The minimum atomic E-state index is 0. The number of fused-ring (bicyclic) bond motifs is 1. The summed E-state index contributed by atoms with van der Waals surface area (Å²) in [5.41, 5.74) is 6.44. The SMILES string of the molecule is CCc1ccc([C@@H]2CCC(=NC)c3ccccc32)cc1Cl.[Y]. The van der Waals surface area contributed by atoms with Crippen molar-refractivity contribution in [3.8, 4) is 0 Å². The standard InChI is InChI=1S/C19H20ClN.Y/c1-3-13-8-9-14(12-18(13)20)15-10-11-19(21-2)17-7-5-4-6-16(15)17;/h4-9,12,15H,3,10-11H2,1-2H3;/t15-;/m0./s1. The van der Waals surface area contributed by atoms with E-state index in [1.807, 2.05) is 7.05 Å². The van der Waals surface area contributed by atoms with Crippen LogP contribution in [0.15, 0.2) is 47.5 Å². The number of aliphatic imine (C=N–C) groups is 1. The van der Waals surface area contributed by atoms with Crippen LogP contribution in [0.3, 0.4) is 0 Å². The zero-order chi connectivity index (χ0) is 14.8. The van der Waals surface area contributed by atoms with Crippen LogP contribution < -0.4 is 0 Å². The second-order valence-electron chi connectivity index (χ2n) is 5.55. The summed E-state index contributed by atoms with van der Waals surface area (Å²) in [7, 11) is 1.89. The Labute approximate surface area is 163 Å². The van der Waals surface area contributed by atoms with E-state index in [1.54, 1.807) is 0 Å². The molecule has 111 valence electrons. The molecule has 0 unspecified atom stereocenters. The normalized spacial score (nSPS) is 18.7. The van der Waals surface area contributed by atoms with E-state index >= 15 is 0 Å². The Morgan fingerprint density at radius 2 is 1.95 bits per heavy atom. The van der Waals surface area contributed by atoms with E-state index in [-0.39, 0.29) is 32.7 Å². The summed E-state index contributed by atoms with van der Waals surface area (Å²) < 4.78 is 0. The maximum Gasteiger partial charge on any atom is 0.0440 e. The summed E-state index contributed by atoms with van der Waals surface area (Å²) in [5, 5.41) is 0.891. The first-order chi connectivity index (χ1) is 10.2. The third-order valence-electron chi connectivity index (χ3n) is 4.45. The minimum Gasteiger partial charge on any atom is -0.292 e. The van der Waals surface area contributed by atoms with E-state index in [0.29, 0.717) is 5.92 Å². The van der Waals surface area contributed by atoms with Gasteiger partial charge in [0.1, 0.15) is 0 Å². The molecule has 0 aromatic heterocycles. The van der Waals surface area contributed by atoms with Crippen molar-refractivity contribution in [2.45, 2.75) is 32.1 Å². The molecule has 0 spiro atoms. The zero-order valence-corrected chi connectivity index (χ0v) is 16.7. The van der Waals surface area contributed by atoms with Crippen molar-refractivity contribution in [1.29, 1.82) is 0 Å². The van der Waals surface area contributed by atoms with Crippen molar-refractivity contribution in [2.24, 2.45) is 4.99 Å². The predicted molar refractivity (Wildman–Crippen MR) is 90.8 cm³/mol. The van der Waals surface area contributed by atoms with Gasteiger partial charge < -0.3 is 0 Å². The summed E-state index contributed by atoms with van der Waals surface area (Å²) in [6, 6.07) is 15.2. The average molecular weight is 387 g/mol. The van der Waals surface area contributed by atoms with Gasteiger partial charge in [0.2, 0.25) is 0 Å². The zero-order valence-electron chi connectivity index (χ0n) is 13.1. The van der Waals surface area contributed by atoms with Crippen molar-refractivity contribution < 1.29 is 32.7 Å². The van der Waals surface area contributed by atoms with Crippen LogP contribution in [0.2, 0.25) is 5.02 Å². The van der Waals surface area contributed by atoms with Crippen molar-refractivity contribution in [3.63, 3.8) is 0 Å². The Balaban J connectivity index is 0.00000176. The van der Waals surface area contributed by atoms with Crippen molar-refractivity contribution >= 4 is 17.3 Å². The molecule has 0 fully saturated rings. The van der Waals surface area contributed by atoms with Crippen molar-refractivity contribution in [2.75, 3.05) is 7.05 Å². The summed E-state index contributed by atoms with van der Waals surface area (Å²) in [5.74, 6) is 0.426. The number of hydrogen-bond donors (Lipinski definition) is 0. The first kappa shape index (κ1) is 17.9. The Hall–Kier alpha value is -0.496. The maximum atomic E-state index is 6.41. The molecule has 1 aliphatic carbocycles. The second-order valence-corrected chi connectivity index (χ2v) is 5.96. The molecule has 2 aromatic rings. The molecule has 3 rings (SSSR count). The first-order valence-corrected chi connectivity index (χ1v) is 7.95. The van der Waals surface area contributed by atoms with Gasteiger partial charge in [-0.1, -0.05) is 54.9 Å². The van der Waals surface area contributed by atoms with Gasteiger partial charge in [0.15, 0.2) is 0 Å². The predicted octanol–water partition coefficient (Wildman–Crippen LogP) is 5.24. The summed E-state index contributed by atoms with van der Waals surface area (Å²) >= 11 is 6.41. The number of rotatable bonds is 2. The molecule has 1 nitrogen and oxygen atoms in total. The van der Waals surface area contributed by atoms with Gasteiger partial charge >= 0.3 is 0 Å². The molecule has 1 radical (unpaired) electrons. The van der Waals surface area contributed by atoms with E-state index in [2.05, 4.69) is 54.4 Å². The number of nitrogens with zero attached hydrogens (tertiary/aromatic N) is 1. The molecule has 22 heavy (non-hydrogen) atoms. The average Bonchev–Trinajstić information content (AvgIpc) is 2.53. The quantitative estimate of drug-likeness (QED) is 0.669. The monoisotopic (exact) mass is 386 g/mol. The van der Waals surface area contributed by atoms with Crippen LogP contribution in [0.5, 0.6) is 0 Å². The van der Waals surface area contributed by atoms with Gasteiger partial charge in [-0.05, 0) is 47.6 Å². The van der Waals surface area contributed by atoms with E-state index < -0.39 is 0 Å². The number of hydrogen-bond acceptors (Lipinski definition) is 1. The van der Waals surface area contributed by atoms with Crippen molar-refractivity contribution in [1.82, 2.24) is 0 Å². The Morgan fingerprint density at radius 1 is 1.18 bits per heavy atom. The van der Waals surface area contributed by atoms with Gasteiger partial charge in [-0.2, -0.15) is 0 Å². The molecule has 0 N–H and O–H groups in total. The molecule has 2 aromatic carbocycles. The third-order valence-corrected chi connectivity index (χ3v) is 4.80. The molecule has 3 heteroatoms. The van der Waals surface area contributed by atoms with Gasteiger partial charge in [0, 0.05) is 56.4 Å². The Kier molecular flexibility index (Phi) is 6.38. The second kappa shape index (κ2) is 7.86. The summed E-state index contributed by atoms with van der Waals surface area (Å²) in [6.07, 6.45) is 3.11. The summed E-state index contributed by atoms with van der Waals surface area (Å²) in [6.45, 7) is 2.14. The van der Waals surface area contributed by atoms with Crippen LogP contribution >= 0.6 is 11.6 Å². The smallest absolute Gasteiger partial charge is 0.0440 e. The Bertz CT molecular complexity index is 694.